The molecule has 2 heterocycles. The maximum Gasteiger partial charge on any atom is 0.338 e. The molecular formula is C24H23N3O4S. The summed E-state index contributed by atoms with van der Waals surface area (Å²) in [6.07, 6.45) is 1.76. The fraction of sp³-hybridized carbons (Fsp3) is 0.208. The smallest absolute Gasteiger partial charge is 0.338 e. The molecule has 0 fully saturated rings. The maximum absolute atomic E-state index is 12.9. The molecule has 1 atom stereocenters. The maximum atomic E-state index is 12.9. The van der Waals surface area contributed by atoms with Crippen molar-refractivity contribution in [3.8, 4) is 5.75 Å². The third-order valence-electron chi connectivity index (χ3n) is 5.08. The molecule has 1 aliphatic rings. The molecule has 0 saturated heterocycles. The zero-order chi connectivity index (χ0) is 22.5. The van der Waals surface area contributed by atoms with Crippen LogP contribution in [0.25, 0.3) is 10.9 Å². The first-order valence-corrected chi connectivity index (χ1v) is 11.2. The minimum absolute atomic E-state index is 0.237. The summed E-state index contributed by atoms with van der Waals surface area (Å²) in [5.41, 5.74) is 2.57. The number of thioether (sulfide) groups is 1. The zero-order valence-corrected chi connectivity index (χ0v) is 18.6. The van der Waals surface area contributed by atoms with E-state index >= 15 is 0 Å². The van der Waals surface area contributed by atoms with Gasteiger partial charge in [0, 0.05) is 27.9 Å². The van der Waals surface area contributed by atoms with E-state index in [2.05, 4.69) is 15.6 Å². The number of carbonyl (C=O) groups is 2. The Morgan fingerprint density at radius 2 is 1.91 bits per heavy atom. The van der Waals surface area contributed by atoms with Crippen LogP contribution in [-0.2, 0) is 9.53 Å². The summed E-state index contributed by atoms with van der Waals surface area (Å²) in [6, 6.07) is 16.1. The summed E-state index contributed by atoms with van der Waals surface area (Å²) in [7, 11) is 1.59. The van der Waals surface area contributed by atoms with Gasteiger partial charge in [0.15, 0.2) is 0 Å². The van der Waals surface area contributed by atoms with Crippen LogP contribution in [0.2, 0.25) is 0 Å². The largest absolute Gasteiger partial charge is 0.497 e. The van der Waals surface area contributed by atoms with Crippen LogP contribution in [-0.4, -0.2) is 36.5 Å². The van der Waals surface area contributed by atoms with Crippen LogP contribution < -0.4 is 15.4 Å². The highest BCUT2D eigenvalue weighted by Gasteiger charge is 2.33. The van der Waals surface area contributed by atoms with Crippen molar-refractivity contribution in [1.29, 1.82) is 0 Å². The lowest BCUT2D eigenvalue weighted by atomic mass is 9.95. The molecule has 0 bridgehead atoms. The molecule has 2 amide bonds. The van der Waals surface area contributed by atoms with Gasteiger partial charge in [0.25, 0.3) is 0 Å². The van der Waals surface area contributed by atoms with Crippen molar-refractivity contribution in [2.24, 2.45) is 0 Å². The number of nitrogens with one attached hydrogen (secondary N) is 2. The van der Waals surface area contributed by atoms with E-state index in [0.717, 1.165) is 21.4 Å². The molecule has 32 heavy (non-hydrogen) atoms. The number of para-hydroxylation sites is 1. The Hall–Kier alpha value is -3.52. The van der Waals surface area contributed by atoms with Crippen LogP contribution >= 0.6 is 11.8 Å². The molecule has 0 radical (unpaired) electrons. The molecule has 1 unspecified atom stereocenters. The minimum atomic E-state index is -0.626. The van der Waals surface area contributed by atoms with Crippen molar-refractivity contribution >= 4 is 34.7 Å². The molecule has 2 aromatic carbocycles. The second kappa shape index (κ2) is 9.74. The van der Waals surface area contributed by atoms with Gasteiger partial charge in [-0.3, -0.25) is 4.98 Å². The van der Waals surface area contributed by atoms with Crippen LogP contribution in [0.5, 0.6) is 5.75 Å². The predicted molar refractivity (Wildman–Crippen MR) is 124 cm³/mol. The number of rotatable bonds is 7. The number of urea groups is 1. The van der Waals surface area contributed by atoms with Gasteiger partial charge in [0.2, 0.25) is 0 Å². The van der Waals surface area contributed by atoms with Gasteiger partial charge in [-0.2, -0.15) is 0 Å². The number of esters is 1. The number of methoxy groups -OCH3 is 1. The molecule has 8 heteroatoms. The van der Waals surface area contributed by atoms with E-state index in [-0.39, 0.29) is 12.6 Å². The number of ether oxygens (including phenoxy) is 2. The summed E-state index contributed by atoms with van der Waals surface area (Å²) >= 11 is 1.53. The minimum Gasteiger partial charge on any atom is -0.497 e. The summed E-state index contributed by atoms with van der Waals surface area (Å²) in [6.45, 7) is 1.99. The normalized spacial score (nSPS) is 15.8. The second-order valence-corrected chi connectivity index (χ2v) is 8.05. The molecule has 4 rings (SSSR count). The predicted octanol–water partition coefficient (Wildman–Crippen LogP) is 4.21. The van der Waals surface area contributed by atoms with Crippen molar-refractivity contribution < 1.29 is 19.1 Å². The number of hydrogen-bond donors (Lipinski definition) is 2. The van der Waals surface area contributed by atoms with Crippen molar-refractivity contribution in [2.45, 2.75) is 17.9 Å². The second-order valence-electron chi connectivity index (χ2n) is 7.03. The summed E-state index contributed by atoms with van der Waals surface area (Å²) < 4.78 is 10.6. The van der Waals surface area contributed by atoms with Gasteiger partial charge < -0.3 is 20.1 Å². The number of hydrogen-bond acceptors (Lipinski definition) is 6. The Morgan fingerprint density at radius 1 is 1.12 bits per heavy atom. The SMILES string of the molecule is CCOC(=O)C1=C(CSc2ccnc3ccccc23)NC(=O)NC1c1ccc(OC)cc1. The van der Waals surface area contributed by atoms with Gasteiger partial charge in [0.05, 0.1) is 30.8 Å². The van der Waals surface area contributed by atoms with E-state index in [9.17, 15) is 9.59 Å². The first-order chi connectivity index (χ1) is 15.6. The molecule has 1 aromatic heterocycles. The molecule has 0 aliphatic carbocycles. The highest BCUT2D eigenvalue weighted by atomic mass is 32.2. The molecule has 0 saturated carbocycles. The molecule has 7 nitrogen and oxygen atoms in total. The fourth-order valence-corrected chi connectivity index (χ4v) is 4.59. The van der Waals surface area contributed by atoms with E-state index in [4.69, 9.17) is 9.47 Å². The lowest BCUT2D eigenvalue weighted by Crippen LogP contribution is -2.46. The molecular weight excluding hydrogens is 426 g/mol. The molecule has 2 N–H and O–H groups in total. The number of carbonyl (C=O) groups excluding carboxylic acids is 2. The number of aromatic nitrogens is 1. The number of amides is 2. The van der Waals surface area contributed by atoms with Gasteiger partial charge >= 0.3 is 12.0 Å². The van der Waals surface area contributed by atoms with Crippen molar-refractivity contribution in [3.63, 3.8) is 0 Å². The quantitative estimate of drug-likeness (QED) is 0.415. The van der Waals surface area contributed by atoms with Gasteiger partial charge in [0.1, 0.15) is 5.75 Å². The Morgan fingerprint density at radius 3 is 2.66 bits per heavy atom. The van der Waals surface area contributed by atoms with E-state index in [1.807, 2.05) is 42.5 Å². The number of benzene rings is 2. The average Bonchev–Trinajstić information content (AvgIpc) is 2.82. The lowest BCUT2D eigenvalue weighted by Gasteiger charge is -2.29. The molecule has 1 aliphatic heterocycles. The Bertz CT molecular complexity index is 1170. The number of pyridine rings is 1. The van der Waals surface area contributed by atoms with Crippen LogP contribution in [0.15, 0.2) is 77.0 Å². The van der Waals surface area contributed by atoms with Crippen LogP contribution in [0.4, 0.5) is 4.79 Å². The van der Waals surface area contributed by atoms with Gasteiger partial charge in [-0.05, 0) is 36.8 Å². The van der Waals surface area contributed by atoms with Crippen LogP contribution in [0.3, 0.4) is 0 Å². The Kier molecular flexibility index (Phi) is 6.61. The molecule has 0 spiro atoms. The first kappa shape index (κ1) is 21.7. The molecule has 3 aromatic rings. The van der Waals surface area contributed by atoms with Gasteiger partial charge in [-0.1, -0.05) is 30.3 Å². The monoisotopic (exact) mass is 449 g/mol. The highest BCUT2D eigenvalue weighted by molar-refractivity contribution is 7.99. The third-order valence-corrected chi connectivity index (χ3v) is 6.18. The van der Waals surface area contributed by atoms with Crippen molar-refractivity contribution in [1.82, 2.24) is 15.6 Å². The topological polar surface area (TPSA) is 89.5 Å². The van der Waals surface area contributed by atoms with E-state index < -0.39 is 12.0 Å². The van der Waals surface area contributed by atoms with Crippen LogP contribution in [0.1, 0.15) is 18.5 Å². The van der Waals surface area contributed by atoms with Crippen molar-refractivity contribution in [3.05, 3.63) is 77.6 Å². The van der Waals surface area contributed by atoms with E-state index in [0.29, 0.717) is 22.8 Å². The number of nitrogens with zero attached hydrogens (tertiary/aromatic N) is 1. The van der Waals surface area contributed by atoms with E-state index in [1.54, 1.807) is 32.4 Å². The lowest BCUT2D eigenvalue weighted by molar-refractivity contribution is -0.139. The summed E-state index contributed by atoms with van der Waals surface area (Å²) in [5, 5.41) is 6.68. The van der Waals surface area contributed by atoms with Crippen LogP contribution in [0, 0.1) is 0 Å². The third kappa shape index (κ3) is 4.55. The Balaban J connectivity index is 1.70. The molecule has 164 valence electrons. The van der Waals surface area contributed by atoms with Gasteiger partial charge in [-0.15, -0.1) is 11.8 Å². The standard InChI is InChI=1S/C24H23N3O4S/c1-3-31-23(28)21-19(14-32-20-12-13-25-18-7-5-4-6-17(18)20)26-24(29)27-22(21)15-8-10-16(30-2)11-9-15/h4-13,22H,3,14H2,1-2H3,(H2,26,27,29). The van der Waals surface area contributed by atoms with Crippen molar-refractivity contribution in [2.75, 3.05) is 19.5 Å². The fourth-order valence-electron chi connectivity index (χ4n) is 3.57. The first-order valence-electron chi connectivity index (χ1n) is 10.2. The average molecular weight is 450 g/mol. The van der Waals surface area contributed by atoms with E-state index in [1.165, 1.54) is 11.8 Å². The number of fused-ring (bicyclic) bond motifs is 1. The summed E-state index contributed by atoms with van der Waals surface area (Å²) in [5.74, 6) is 0.620. The summed E-state index contributed by atoms with van der Waals surface area (Å²) in [4.78, 5) is 30.8. The Labute approximate surface area is 190 Å². The highest BCUT2D eigenvalue weighted by Crippen LogP contribution is 2.33. The zero-order valence-electron chi connectivity index (χ0n) is 17.8. The van der Waals surface area contributed by atoms with Gasteiger partial charge in [-0.25, -0.2) is 9.59 Å².